The van der Waals surface area contributed by atoms with Crippen LogP contribution < -0.4 is 10.1 Å². The maximum absolute atomic E-state index is 12.0. The summed E-state index contributed by atoms with van der Waals surface area (Å²) >= 11 is 17.9. The van der Waals surface area contributed by atoms with Gasteiger partial charge in [0.1, 0.15) is 5.69 Å². The molecule has 0 fully saturated rings. The first kappa shape index (κ1) is 15.9. The Morgan fingerprint density at radius 2 is 1.95 bits per heavy atom. The van der Waals surface area contributed by atoms with E-state index in [0.29, 0.717) is 10.7 Å². The minimum absolute atomic E-state index is 0.264. The van der Waals surface area contributed by atoms with Crippen molar-refractivity contribution in [3.63, 3.8) is 0 Å². The molecule has 0 bridgehead atoms. The lowest BCUT2D eigenvalue weighted by molar-refractivity contribution is 0.0843. The molecule has 2 rings (SSSR count). The minimum atomic E-state index is -0.636. The highest BCUT2D eigenvalue weighted by molar-refractivity contribution is 6.40. The Balaban J connectivity index is 2.07. The van der Waals surface area contributed by atoms with Crippen molar-refractivity contribution in [2.45, 2.75) is 13.2 Å². The summed E-state index contributed by atoms with van der Waals surface area (Å²) in [5, 5.41) is 3.62. The van der Waals surface area contributed by atoms with E-state index in [9.17, 15) is 4.79 Å². The summed E-state index contributed by atoms with van der Waals surface area (Å²) < 4.78 is 7.16. The largest absolute Gasteiger partial charge is 0.468 e. The number of imidazole rings is 1. The molecule has 0 aliphatic carbocycles. The van der Waals surface area contributed by atoms with Crippen molar-refractivity contribution >= 4 is 40.7 Å². The van der Waals surface area contributed by atoms with E-state index in [4.69, 9.17) is 39.5 Å². The van der Waals surface area contributed by atoms with E-state index < -0.39 is 6.23 Å². The number of aromatic nitrogens is 2. The molecule has 1 N–H and O–H groups in total. The third-order valence-corrected chi connectivity index (χ3v) is 3.42. The summed E-state index contributed by atoms with van der Waals surface area (Å²) in [7, 11) is 1.72. The molecule has 0 radical (unpaired) electrons. The highest BCUT2D eigenvalue weighted by Gasteiger charge is 2.16. The minimum Gasteiger partial charge on any atom is -0.468 e. The predicted molar refractivity (Wildman–Crippen MR) is 82.2 cm³/mol. The zero-order valence-corrected chi connectivity index (χ0v) is 13.5. The number of hydrogen-bond acceptors (Lipinski definition) is 3. The SMILES string of the molecule is CC(NC(=O)c1cncn1C)Oc1c(Cl)cc(Cl)cc1Cl. The maximum atomic E-state index is 12.0. The number of nitrogens with zero attached hydrogens (tertiary/aromatic N) is 2. The third kappa shape index (κ3) is 3.81. The summed E-state index contributed by atoms with van der Waals surface area (Å²) in [5.74, 6) is -0.0516. The van der Waals surface area contributed by atoms with Crippen LogP contribution in [0.4, 0.5) is 0 Å². The lowest BCUT2D eigenvalue weighted by atomic mass is 10.3. The van der Waals surface area contributed by atoms with Gasteiger partial charge in [-0.3, -0.25) is 4.79 Å². The van der Waals surface area contributed by atoms with E-state index in [1.807, 2.05) is 0 Å². The summed E-state index contributed by atoms with van der Waals surface area (Å²) in [6.07, 6.45) is 2.36. The van der Waals surface area contributed by atoms with Crippen LogP contribution in [-0.2, 0) is 7.05 Å². The summed E-state index contributed by atoms with van der Waals surface area (Å²) in [6.45, 7) is 1.66. The van der Waals surface area contributed by atoms with Gasteiger partial charge in [0.2, 0.25) is 0 Å². The number of aryl methyl sites for hydroxylation is 1. The van der Waals surface area contributed by atoms with Gasteiger partial charge in [-0.1, -0.05) is 34.8 Å². The zero-order valence-electron chi connectivity index (χ0n) is 11.2. The van der Waals surface area contributed by atoms with Crippen LogP contribution >= 0.6 is 34.8 Å². The summed E-state index contributed by atoms with van der Waals surface area (Å²) in [6, 6.07) is 3.03. The van der Waals surface area contributed by atoms with E-state index in [1.54, 1.807) is 18.5 Å². The van der Waals surface area contributed by atoms with Crippen LogP contribution in [0.25, 0.3) is 0 Å². The molecule has 1 amide bonds. The Bertz CT molecular complexity index is 649. The molecule has 0 saturated carbocycles. The van der Waals surface area contributed by atoms with E-state index in [0.717, 1.165) is 0 Å². The molecule has 0 aliphatic rings. The fraction of sp³-hybridized carbons (Fsp3) is 0.231. The van der Waals surface area contributed by atoms with Crippen LogP contribution in [0.5, 0.6) is 5.75 Å². The first-order valence-electron chi connectivity index (χ1n) is 5.97. The molecule has 1 aromatic carbocycles. The van der Waals surface area contributed by atoms with Crippen LogP contribution in [0.2, 0.25) is 15.1 Å². The van der Waals surface area contributed by atoms with Crippen molar-refractivity contribution in [3.05, 3.63) is 45.4 Å². The smallest absolute Gasteiger partial charge is 0.272 e. The molecule has 21 heavy (non-hydrogen) atoms. The average molecular weight is 349 g/mol. The lowest BCUT2D eigenvalue weighted by Crippen LogP contribution is -2.37. The average Bonchev–Trinajstić information content (AvgIpc) is 2.80. The molecule has 1 aromatic heterocycles. The van der Waals surface area contributed by atoms with Crippen molar-refractivity contribution < 1.29 is 9.53 Å². The lowest BCUT2D eigenvalue weighted by Gasteiger charge is -2.18. The molecule has 1 heterocycles. The molecule has 2 aromatic rings. The normalized spacial score (nSPS) is 12.0. The number of carbonyl (C=O) groups excluding carboxylic acids is 1. The van der Waals surface area contributed by atoms with Gasteiger partial charge in [-0.25, -0.2) is 4.98 Å². The molecule has 0 aliphatic heterocycles. The Morgan fingerprint density at radius 1 is 1.33 bits per heavy atom. The van der Waals surface area contributed by atoms with Gasteiger partial charge in [-0.2, -0.15) is 0 Å². The van der Waals surface area contributed by atoms with E-state index in [1.165, 1.54) is 24.7 Å². The first-order valence-corrected chi connectivity index (χ1v) is 7.10. The first-order chi connectivity index (χ1) is 9.88. The molecule has 112 valence electrons. The van der Waals surface area contributed by atoms with Gasteiger partial charge in [0, 0.05) is 12.1 Å². The maximum Gasteiger partial charge on any atom is 0.272 e. The second-order valence-electron chi connectivity index (χ2n) is 4.32. The molecule has 0 saturated heterocycles. The van der Waals surface area contributed by atoms with Gasteiger partial charge in [0.05, 0.1) is 22.6 Å². The van der Waals surface area contributed by atoms with Crippen molar-refractivity contribution in [2.75, 3.05) is 0 Å². The number of rotatable bonds is 4. The molecule has 1 atom stereocenters. The molecule has 0 spiro atoms. The van der Waals surface area contributed by atoms with Gasteiger partial charge in [-0.15, -0.1) is 0 Å². The quantitative estimate of drug-likeness (QED) is 0.860. The van der Waals surface area contributed by atoms with E-state index in [2.05, 4.69) is 10.3 Å². The number of amides is 1. The highest BCUT2D eigenvalue weighted by atomic mass is 35.5. The van der Waals surface area contributed by atoms with Crippen LogP contribution in [0.3, 0.4) is 0 Å². The topological polar surface area (TPSA) is 56.2 Å². The Kier molecular flexibility index (Phi) is 4.98. The fourth-order valence-corrected chi connectivity index (χ4v) is 2.59. The summed E-state index contributed by atoms with van der Waals surface area (Å²) in [4.78, 5) is 15.9. The van der Waals surface area contributed by atoms with Gasteiger partial charge >= 0.3 is 0 Å². The van der Waals surface area contributed by atoms with Crippen LogP contribution in [0.1, 0.15) is 17.4 Å². The van der Waals surface area contributed by atoms with Crippen LogP contribution in [0.15, 0.2) is 24.7 Å². The number of nitrogens with one attached hydrogen (secondary N) is 1. The molecule has 1 unspecified atom stereocenters. The third-order valence-electron chi connectivity index (χ3n) is 2.64. The fourth-order valence-electron chi connectivity index (χ4n) is 1.68. The Labute approximate surface area is 136 Å². The molecular weight excluding hydrogens is 337 g/mol. The number of ether oxygens (including phenoxy) is 1. The number of benzene rings is 1. The molecular formula is C13H12Cl3N3O2. The van der Waals surface area contributed by atoms with Gasteiger partial charge in [0.25, 0.3) is 5.91 Å². The Hall–Kier alpha value is -1.43. The second kappa shape index (κ2) is 6.56. The van der Waals surface area contributed by atoms with Crippen LogP contribution in [-0.4, -0.2) is 21.7 Å². The molecule has 5 nitrogen and oxygen atoms in total. The number of hydrogen-bond donors (Lipinski definition) is 1. The van der Waals surface area contributed by atoms with E-state index >= 15 is 0 Å². The molecule has 8 heteroatoms. The van der Waals surface area contributed by atoms with Gasteiger partial charge in [0.15, 0.2) is 12.0 Å². The standard InChI is InChI=1S/C13H12Cl3N3O2/c1-7(18-13(20)11-5-17-6-19(11)2)21-12-9(15)3-8(14)4-10(12)16/h3-7H,1-2H3,(H,18,20). The predicted octanol–water partition coefficient (Wildman–Crippen LogP) is 3.54. The van der Waals surface area contributed by atoms with Crippen molar-refractivity contribution in [3.8, 4) is 5.75 Å². The highest BCUT2D eigenvalue weighted by Crippen LogP contribution is 2.36. The van der Waals surface area contributed by atoms with E-state index in [-0.39, 0.29) is 21.7 Å². The van der Waals surface area contributed by atoms with Crippen molar-refractivity contribution in [2.24, 2.45) is 7.05 Å². The van der Waals surface area contributed by atoms with Crippen LogP contribution in [0, 0.1) is 0 Å². The number of halogens is 3. The second-order valence-corrected chi connectivity index (χ2v) is 5.57. The zero-order chi connectivity index (χ0) is 15.6. The van der Waals surface area contributed by atoms with Gasteiger partial charge < -0.3 is 14.6 Å². The summed E-state index contributed by atoms with van der Waals surface area (Å²) in [5.41, 5.74) is 0.416. The number of carbonyl (C=O) groups is 1. The van der Waals surface area contributed by atoms with Crippen molar-refractivity contribution in [1.82, 2.24) is 14.9 Å². The van der Waals surface area contributed by atoms with Gasteiger partial charge in [-0.05, 0) is 19.1 Å². The van der Waals surface area contributed by atoms with Crippen molar-refractivity contribution in [1.29, 1.82) is 0 Å². The monoisotopic (exact) mass is 347 g/mol. The Morgan fingerprint density at radius 3 is 2.48 bits per heavy atom.